The van der Waals surface area contributed by atoms with Crippen LogP contribution in [0.3, 0.4) is 0 Å². The van der Waals surface area contributed by atoms with Gasteiger partial charge in [-0.1, -0.05) is 19.3 Å². The molecule has 2 heterocycles. The predicted octanol–water partition coefficient (Wildman–Crippen LogP) is 2.47. The molecule has 3 rings (SSSR count). The van der Waals surface area contributed by atoms with Crippen LogP contribution in [-0.2, 0) is 9.53 Å². The lowest BCUT2D eigenvalue weighted by Crippen LogP contribution is -2.48. The summed E-state index contributed by atoms with van der Waals surface area (Å²) in [4.78, 5) is 14.1. The minimum absolute atomic E-state index is 0.160. The second-order valence-corrected chi connectivity index (χ2v) is 7.07. The Morgan fingerprint density at radius 3 is 2.67 bits per heavy atom. The van der Waals surface area contributed by atoms with Crippen molar-refractivity contribution in [2.24, 2.45) is 0 Å². The molecule has 1 N–H and O–H groups in total. The fourth-order valence-corrected chi connectivity index (χ4v) is 4.25. The molecule has 4 heteroatoms. The fraction of sp³-hybridized carbons (Fsp3) is 0.941. The molecule has 21 heavy (non-hydrogen) atoms. The number of hydrogen-bond acceptors (Lipinski definition) is 3. The lowest BCUT2D eigenvalue weighted by atomic mass is 9.78. The second kappa shape index (κ2) is 7.10. The molecule has 1 atom stereocenters. The maximum Gasteiger partial charge on any atom is 0.223 e. The maximum absolute atomic E-state index is 12.0. The predicted molar refractivity (Wildman–Crippen MR) is 83.2 cm³/mol. The third kappa shape index (κ3) is 3.98. The Bertz CT molecular complexity index is 341. The van der Waals surface area contributed by atoms with Crippen LogP contribution in [0, 0.1) is 0 Å². The zero-order valence-electron chi connectivity index (χ0n) is 13.2. The van der Waals surface area contributed by atoms with Gasteiger partial charge in [0.15, 0.2) is 0 Å². The van der Waals surface area contributed by atoms with E-state index in [4.69, 9.17) is 4.74 Å². The molecule has 3 aliphatic rings. The fourth-order valence-electron chi connectivity index (χ4n) is 4.25. The Morgan fingerprint density at radius 1 is 1.14 bits per heavy atom. The van der Waals surface area contributed by atoms with Crippen molar-refractivity contribution < 1.29 is 9.53 Å². The van der Waals surface area contributed by atoms with Gasteiger partial charge in [0.2, 0.25) is 5.91 Å². The van der Waals surface area contributed by atoms with E-state index in [2.05, 4.69) is 5.32 Å². The number of nitrogens with one attached hydrogen (secondary N) is 1. The van der Waals surface area contributed by atoms with Crippen molar-refractivity contribution in [2.45, 2.75) is 75.9 Å². The highest BCUT2D eigenvalue weighted by molar-refractivity contribution is 5.76. The number of ether oxygens (including phenoxy) is 1. The quantitative estimate of drug-likeness (QED) is 0.866. The van der Waals surface area contributed by atoms with Crippen LogP contribution in [0.4, 0.5) is 0 Å². The summed E-state index contributed by atoms with van der Waals surface area (Å²) in [6.45, 7) is 3.66. The first kappa shape index (κ1) is 15.3. The van der Waals surface area contributed by atoms with E-state index in [0.717, 1.165) is 39.1 Å². The normalized spacial score (nSPS) is 29.0. The molecule has 0 aromatic heterocycles. The molecule has 1 saturated carbocycles. The average molecular weight is 294 g/mol. The second-order valence-electron chi connectivity index (χ2n) is 7.07. The van der Waals surface area contributed by atoms with Crippen LogP contribution < -0.4 is 5.32 Å². The molecular weight excluding hydrogens is 264 g/mol. The van der Waals surface area contributed by atoms with Gasteiger partial charge in [0, 0.05) is 38.7 Å². The summed E-state index contributed by atoms with van der Waals surface area (Å²) in [7, 11) is 0. The van der Waals surface area contributed by atoms with Crippen LogP contribution in [-0.4, -0.2) is 48.7 Å². The summed E-state index contributed by atoms with van der Waals surface area (Å²) in [5.41, 5.74) is 0.160. The maximum atomic E-state index is 12.0. The number of likely N-dealkylation sites (tertiary alicyclic amines) is 1. The topological polar surface area (TPSA) is 41.6 Å². The third-order valence-electron chi connectivity index (χ3n) is 5.49. The van der Waals surface area contributed by atoms with Crippen molar-refractivity contribution in [3.8, 4) is 0 Å². The molecule has 0 aromatic rings. The average Bonchev–Trinajstić information content (AvgIpc) is 3.02. The molecule has 0 aromatic carbocycles. The van der Waals surface area contributed by atoms with Crippen molar-refractivity contribution in [3.63, 3.8) is 0 Å². The molecule has 0 radical (unpaired) electrons. The molecule has 2 aliphatic heterocycles. The number of carbonyl (C=O) groups excluding carboxylic acids is 1. The van der Waals surface area contributed by atoms with Gasteiger partial charge >= 0.3 is 0 Å². The Labute approximate surface area is 128 Å². The Hall–Kier alpha value is -0.610. The number of nitrogens with zero attached hydrogens (tertiary/aromatic N) is 1. The molecule has 120 valence electrons. The summed E-state index contributed by atoms with van der Waals surface area (Å²) in [6.07, 6.45) is 11.7. The van der Waals surface area contributed by atoms with Crippen molar-refractivity contribution in [2.75, 3.05) is 26.2 Å². The minimum Gasteiger partial charge on any atom is -0.375 e. The van der Waals surface area contributed by atoms with Gasteiger partial charge < -0.3 is 15.0 Å². The van der Waals surface area contributed by atoms with Gasteiger partial charge in [-0.15, -0.1) is 0 Å². The van der Waals surface area contributed by atoms with Crippen LogP contribution in [0.15, 0.2) is 0 Å². The Morgan fingerprint density at radius 2 is 1.90 bits per heavy atom. The van der Waals surface area contributed by atoms with Crippen LogP contribution in [0.25, 0.3) is 0 Å². The first-order valence-electron chi connectivity index (χ1n) is 8.93. The highest BCUT2D eigenvalue weighted by Crippen LogP contribution is 2.38. The van der Waals surface area contributed by atoms with Gasteiger partial charge in [-0.2, -0.15) is 0 Å². The monoisotopic (exact) mass is 294 g/mol. The van der Waals surface area contributed by atoms with Crippen LogP contribution in [0.2, 0.25) is 0 Å². The van der Waals surface area contributed by atoms with E-state index >= 15 is 0 Å². The molecule has 1 unspecified atom stereocenters. The van der Waals surface area contributed by atoms with E-state index < -0.39 is 0 Å². The van der Waals surface area contributed by atoms with E-state index in [1.54, 1.807) is 0 Å². The van der Waals surface area contributed by atoms with Gasteiger partial charge in [-0.25, -0.2) is 0 Å². The molecular formula is C17H30N2O2. The van der Waals surface area contributed by atoms with Crippen molar-refractivity contribution in [1.82, 2.24) is 10.2 Å². The highest BCUT2D eigenvalue weighted by Gasteiger charge is 2.38. The lowest BCUT2D eigenvalue weighted by molar-refractivity contribution is -0.130. The Kier molecular flexibility index (Phi) is 5.17. The van der Waals surface area contributed by atoms with E-state index in [1.807, 2.05) is 4.90 Å². The van der Waals surface area contributed by atoms with E-state index in [1.165, 1.54) is 44.9 Å². The summed E-state index contributed by atoms with van der Waals surface area (Å²) >= 11 is 0. The zero-order chi connectivity index (χ0) is 14.5. The molecule has 4 nitrogen and oxygen atoms in total. The number of hydrogen-bond donors (Lipinski definition) is 1. The highest BCUT2D eigenvalue weighted by atomic mass is 16.5. The first-order valence-corrected chi connectivity index (χ1v) is 8.93. The Balaban J connectivity index is 1.39. The lowest BCUT2D eigenvalue weighted by Gasteiger charge is -2.43. The van der Waals surface area contributed by atoms with Gasteiger partial charge in [-0.05, 0) is 38.5 Å². The number of amides is 1. The number of carbonyl (C=O) groups is 1. The van der Waals surface area contributed by atoms with Gasteiger partial charge in [0.1, 0.15) is 0 Å². The van der Waals surface area contributed by atoms with Crippen molar-refractivity contribution in [3.05, 3.63) is 0 Å². The SMILES string of the molecule is O=C(CCNC1CCOC2(CCCCC2)C1)N1CCCC1. The standard InChI is InChI=1S/C17H30N2O2/c20-16(19-11-4-5-12-19)6-10-18-15-7-13-21-17(14-15)8-2-1-3-9-17/h15,18H,1-14H2. The van der Waals surface area contributed by atoms with Gasteiger partial charge in [0.05, 0.1) is 5.60 Å². The van der Waals surface area contributed by atoms with Crippen LogP contribution in [0.5, 0.6) is 0 Å². The van der Waals surface area contributed by atoms with Crippen molar-refractivity contribution in [1.29, 1.82) is 0 Å². The third-order valence-corrected chi connectivity index (χ3v) is 5.49. The van der Waals surface area contributed by atoms with Gasteiger partial charge in [-0.3, -0.25) is 4.79 Å². The molecule has 2 saturated heterocycles. The molecule has 1 spiro atoms. The van der Waals surface area contributed by atoms with E-state index in [-0.39, 0.29) is 5.60 Å². The van der Waals surface area contributed by atoms with Gasteiger partial charge in [0.25, 0.3) is 0 Å². The van der Waals surface area contributed by atoms with Crippen LogP contribution in [0.1, 0.15) is 64.2 Å². The number of rotatable bonds is 4. The summed E-state index contributed by atoms with van der Waals surface area (Å²) in [5, 5.41) is 3.62. The van der Waals surface area contributed by atoms with E-state index in [0.29, 0.717) is 18.4 Å². The summed E-state index contributed by atoms with van der Waals surface area (Å²) < 4.78 is 6.13. The minimum atomic E-state index is 0.160. The largest absolute Gasteiger partial charge is 0.375 e. The van der Waals surface area contributed by atoms with Crippen molar-refractivity contribution >= 4 is 5.91 Å². The first-order chi connectivity index (χ1) is 10.3. The smallest absolute Gasteiger partial charge is 0.223 e. The summed E-state index contributed by atoms with van der Waals surface area (Å²) in [6, 6.07) is 0.545. The van der Waals surface area contributed by atoms with E-state index in [9.17, 15) is 4.79 Å². The molecule has 1 aliphatic carbocycles. The molecule has 3 fully saturated rings. The molecule has 0 bridgehead atoms. The summed E-state index contributed by atoms with van der Waals surface area (Å²) in [5.74, 6) is 0.333. The molecule has 1 amide bonds. The zero-order valence-corrected chi connectivity index (χ0v) is 13.2. The van der Waals surface area contributed by atoms with Crippen LogP contribution >= 0.6 is 0 Å².